The molecule has 0 N–H and O–H groups in total. The van der Waals surface area contributed by atoms with Crippen LogP contribution in [0.5, 0.6) is 5.75 Å². The minimum Gasteiger partial charge on any atom is -0.486 e. The topological polar surface area (TPSA) is 88.8 Å². The van der Waals surface area contributed by atoms with Gasteiger partial charge in [-0.3, -0.25) is 9.59 Å². The first-order valence-corrected chi connectivity index (χ1v) is 12.3. The summed E-state index contributed by atoms with van der Waals surface area (Å²) in [5.74, 6) is 0.625. The Morgan fingerprint density at radius 3 is 2.63 bits per heavy atom. The molecule has 0 aliphatic carbocycles. The van der Waals surface area contributed by atoms with Gasteiger partial charge < -0.3 is 14.5 Å². The van der Waals surface area contributed by atoms with Gasteiger partial charge in [0.15, 0.2) is 0 Å². The van der Waals surface area contributed by atoms with Crippen LogP contribution in [-0.2, 0) is 17.9 Å². The number of benzene rings is 2. The fourth-order valence-corrected chi connectivity index (χ4v) is 5.20. The first-order chi connectivity index (χ1) is 17.1. The number of hydrogen-bond acceptors (Lipinski definition) is 6. The summed E-state index contributed by atoms with van der Waals surface area (Å²) in [5, 5.41) is 7.64. The van der Waals surface area contributed by atoms with E-state index in [0.29, 0.717) is 42.2 Å². The molecule has 2 saturated heterocycles. The summed E-state index contributed by atoms with van der Waals surface area (Å²) >= 11 is 0. The van der Waals surface area contributed by atoms with E-state index < -0.39 is 0 Å². The van der Waals surface area contributed by atoms with Crippen molar-refractivity contribution in [3.63, 3.8) is 0 Å². The van der Waals surface area contributed by atoms with Gasteiger partial charge in [0.25, 0.3) is 5.91 Å². The van der Waals surface area contributed by atoms with E-state index >= 15 is 0 Å². The fraction of sp³-hybridized carbons (Fsp3) is 0.407. The maximum absolute atomic E-state index is 13.8. The van der Waals surface area contributed by atoms with Gasteiger partial charge in [0.2, 0.25) is 5.91 Å². The summed E-state index contributed by atoms with van der Waals surface area (Å²) in [6.45, 7) is 3.17. The summed E-state index contributed by atoms with van der Waals surface area (Å²) in [7, 11) is 0. The molecule has 2 fully saturated rings. The zero-order chi connectivity index (χ0) is 24.2. The third-order valence-electron chi connectivity index (χ3n) is 7.06. The molecule has 0 saturated carbocycles. The van der Waals surface area contributed by atoms with Crippen molar-refractivity contribution < 1.29 is 19.0 Å². The summed E-state index contributed by atoms with van der Waals surface area (Å²) in [4.78, 5) is 30.9. The minimum absolute atomic E-state index is 0.00879. The van der Waals surface area contributed by atoms with Crippen LogP contribution in [0.1, 0.15) is 59.4 Å². The SMILES string of the molecule is Cc1nonc1COc1ccccc1C(=O)N1CC[C@H]2[C@H]1CCCCC(=O)N2Cc1ccccc1. The normalized spacial score (nSPS) is 20.3. The van der Waals surface area contributed by atoms with Gasteiger partial charge in [-0.05, 0) is 43.9 Å². The van der Waals surface area contributed by atoms with Crippen LogP contribution in [0.25, 0.3) is 0 Å². The second kappa shape index (κ2) is 10.3. The molecule has 3 aromatic rings. The zero-order valence-corrected chi connectivity index (χ0v) is 19.9. The first kappa shape index (κ1) is 23.1. The van der Waals surface area contributed by atoms with E-state index in [2.05, 4.69) is 22.4 Å². The molecule has 182 valence electrons. The van der Waals surface area contributed by atoms with Crippen LogP contribution >= 0.6 is 0 Å². The molecule has 2 amide bonds. The number of aryl methyl sites for hydroxylation is 1. The lowest BCUT2D eigenvalue weighted by Gasteiger charge is -2.37. The van der Waals surface area contributed by atoms with Gasteiger partial charge in [0.1, 0.15) is 23.7 Å². The average molecular weight is 475 g/mol. The molecule has 2 aromatic carbocycles. The van der Waals surface area contributed by atoms with Crippen molar-refractivity contribution >= 4 is 11.8 Å². The van der Waals surface area contributed by atoms with Crippen molar-refractivity contribution in [1.82, 2.24) is 20.1 Å². The van der Waals surface area contributed by atoms with E-state index in [1.54, 1.807) is 19.1 Å². The number of fused-ring (bicyclic) bond motifs is 1. The van der Waals surface area contributed by atoms with E-state index in [1.165, 1.54) is 0 Å². The predicted octanol–water partition coefficient (Wildman–Crippen LogP) is 4.14. The number of nitrogens with zero attached hydrogens (tertiary/aromatic N) is 4. The van der Waals surface area contributed by atoms with Gasteiger partial charge in [-0.25, -0.2) is 4.63 Å². The summed E-state index contributed by atoms with van der Waals surface area (Å²) in [5.41, 5.74) is 2.89. The summed E-state index contributed by atoms with van der Waals surface area (Å²) in [6.07, 6.45) is 4.02. The van der Waals surface area contributed by atoms with Crippen molar-refractivity contribution in [1.29, 1.82) is 0 Å². The zero-order valence-electron chi connectivity index (χ0n) is 19.9. The molecule has 35 heavy (non-hydrogen) atoms. The van der Waals surface area contributed by atoms with Gasteiger partial charge >= 0.3 is 0 Å². The molecule has 2 aliphatic heterocycles. The average Bonchev–Trinajstić information content (AvgIpc) is 3.48. The van der Waals surface area contributed by atoms with Crippen molar-refractivity contribution in [3.8, 4) is 5.75 Å². The molecule has 8 heteroatoms. The largest absolute Gasteiger partial charge is 0.486 e. The fourth-order valence-electron chi connectivity index (χ4n) is 5.20. The predicted molar refractivity (Wildman–Crippen MR) is 128 cm³/mol. The molecule has 2 atom stereocenters. The highest BCUT2D eigenvalue weighted by molar-refractivity contribution is 5.97. The van der Waals surface area contributed by atoms with E-state index in [1.807, 2.05) is 40.1 Å². The highest BCUT2D eigenvalue weighted by Crippen LogP contribution is 2.33. The molecule has 5 rings (SSSR count). The van der Waals surface area contributed by atoms with Crippen molar-refractivity contribution in [2.24, 2.45) is 0 Å². The lowest BCUT2D eigenvalue weighted by molar-refractivity contribution is -0.135. The van der Waals surface area contributed by atoms with Gasteiger partial charge in [0, 0.05) is 19.5 Å². The second-order valence-electron chi connectivity index (χ2n) is 9.26. The number of amides is 2. The minimum atomic E-state index is -0.0595. The first-order valence-electron chi connectivity index (χ1n) is 12.3. The Bertz CT molecular complexity index is 1180. The standard InChI is InChI=1S/C27H30N4O4/c1-19-22(29-35-28-19)18-34-25-13-7-5-11-21(25)27(33)30-16-15-24-23(30)12-6-8-14-26(32)31(24)17-20-9-3-2-4-10-20/h2-5,7,9-11,13,23-24H,6,8,12,14-18H2,1H3/t23-,24+/m1/s1. The molecule has 1 aromatic heterocycles. The molecular formula is C27H30N4O4. The number of carbonyl (C=O) groups is 2. The summed E-state index contributed by atoms with van der Waals surface area (Å²) in [6, 6.07) is 17.4. The molecule has 3 heterocycles. The smallest absolute Gasteiger partial charge is 0.257 e. The molecular weight excluding hydrogens is 444 g/mol. The molecule has 2 aliphatic rings. The van der Waals surface area contributed by atoms with Crippen LogP contribution in [0.4, 0.5) is 0 Å². The third kappa shape index (κ3) is 4.92. The highest BCUT2D eigenvalue weighted by Gasteiger charge is 2.42. The van der Waals surface area contributed by atoms with E-state index in [4.69, 9.17) is 9.37 Å². The molecule has 0 bridgehead atoms. The number of hydrogen-bond donors (Lipinski definition) is 0. The van der Waals surface area contributed by atoms with Crippen molar-refractivity contribution in [2.45, 2.75) is 64.3 Å². The quantitative estimate of drug-likeness (QED) is 0.533. The monoisotopic (exact) mass is 474 g/mol. The van der Waals surface area contributed by atoms with E-state index in [9.17, 15) is 9.59 Å². The van der Waals surface area contributed by atoms with Gasteiger partial charge in [0.05, 0.1) is 17.6 Å². The molecule has 0 radical (unpaired) electrons. The number of para-hydroxylation sites is 1. The van der Waals surface area contributed by atoms with Gasteiger partial charge in [-0.15, -0.1) is 0 Å². The lowest BCUT2D eigenvalue weighted by atomic mass is 9.96. The molecule has 0 spiro atoms. The van der Waals surface area contributed by atoms with Gasteiger partial charge in [-0.2, -0.15) is 0 Å². The molecule has 0 unspecified atom stereocenters. The number of rotatable bonds is 6. The summed E-state index contributed by atoms with van der Waals surface area (Å²) < 4.78 is 10.7. The molecule has 8 nitrogen and oxygen atoms in total. The van der Waals surface area contributed by atoms with Crippen LogP contribution in [0.2, 0.25) is 0 Å². The van der Waals surface area contributed by atoms with Crippen LogP contribution < -0.4 is 4.74 Å². The second-order valence-corrected chi connectivity index (χ2v) is 9.26. The van der Waals surface area contributed by atoms with Crippen molar-refractivity contribution in [2.75, 3.05) is 6.54 Å². The maximum atomic E-state index is 13.8. The van der Waals surface area contributed by atoms with E-state index in [-0.39, 0.29) is 30.5 Å². The van der Waals surface area contributed by atoms with Crippen LogP contribution in [0.15, 0.2) is 59.2 Å². The van der Waals surface area contributed by atoms with Gasteiger partial charge in [-0.1, -0.05) is 59.2 Å². The Morgan fingerprint density at radius 2 is 1.83 bits per heavy atom. The van der Waals surface area contributed by atoms with Crippen LogP contribution in [0.3, 0.4) is 0 Å². The Morgan fingerprint density at radius 1 is 1.03 bits per heavy atom. The van der Waals surface area contributed by atoms with Crippen molar-refractivity contribution in [3.05, 3.63) is 77.1 Å². The number of likely N-dealkylation sites (tertiary alicyclic amines) is 2. The Hall–Kier alpha value is -3.68. The lowest BCUT2D eigenvalue weighted by Crippen LogP contribution is -2.49. The van der Waals surface area contributed by atoms with Crippen LogP contribution in [-0.4, -0.2) is 50.6 Å². The Labute approximate surface area is 204 Å². The Kier molecular flexibility index (Phi) is 6.79. The number of ether oxygens (including phenoxy) is 1. The van der Waals surface area contributed by atoms with Crippen LogP contribution in [0, 0.1) is 6.92 Å². The Balaban J connectivity index is 1.36. The highest BCUT2D eigenvalue weighted by atomic mass is 16.6. The number of carbonyl (C=O) groups excluding carboxylic acids is 2. The van der Waals surface area contributed by atoms with E-state index in [0.717, 1.165) is 31.2 Å². The third-order valence-corrected chi connectivity index (χ3v) is 7.06. The number of aromatic nitrogens is 2. The maximum Gasteiger partial charge on any atom is 0.257 e.